The molecular weight excluding hydrogens is 208 g/mol. The molecule has 2 aromatic rings. The van der Waals surface area contributed by atoms with Crippen molar-refractivity contribution < 1.29 is 9.53 Å². The Kier molecular flexibility index (Phi) is 2.59. The van der Waals surface area contributed by atoms with Crippen molar-refractivity contribution in [2.45, 2.75) is 0 Å². The van der Waals surface area contributed by atoms with Crippen LogP contribution >= 0.6 is 0 Å². The van der Waals surface area contributed by atoms with E-state index in [1.807, 2.05) is 0 Å². The second-order valence-electron chi connectivity index (χ2n) is 3.14. The van der Waals surface area contributed by atoms with Gasteiger partial charge in [0.25, 0.3) is 0 Å². The maximum atomic E-state index is 10.9. The van der Waals surface area contributed by atoms with Crippen LogP contribution in [0, 0.1) is 4.91 Å². The van der Waals surface area contributed by atoms with Crippen LogP contribution in [-0.4, -0.2) is 18.4 Å². The largest absolute Gasteiger partial charge is 0.481 e. The van der Waals surface area contributed by atoms with Crippen LogP contribution in [0.4, 0.5) is 5.69 Å². The van der Waals surface area contributed by atoms with Crippen molar-refractivity contribution >= 4 is 22.9 Å². The Morgan fingerprint density at radius 3 is 2.88 bits per heavy atom. The summed E-state index contributed by atoms with van der Waals surface area (Å²) in [5.74, 6) is 0.283. The minimum atomic E-state index is 0.194. The number of methoxy groups -OCH3 is 1. The molecule has 16 heavy (non-hydrogen) atoms. The molecule has 1 aromatic carbocycles. The molecule has 80 valence electrons. The zero-order valence-electron chi connectivity index (χ0n) is 8.51. The number of ether oxygens (including phenoxy) is 1. The zero-order chi connectivity index (χ0) is 11.5. The highest BCUT2D eigenvalue weighted by Crippen LogP contribution is 2.28. The second-order valence-corrected chi connectivity index (χ2v) is 3.14. The van der Waals surface area contributed by atoms with E-state index in [9.17, 15) is 9.70 Å². The number of pyridine rings is 1. The van der Waals surface area contributed by atoms with Crippen molar-refractivity contribution in [3.8, 4) is 5.88 Å². The van der Waals surface area contributed by atoms with Gasteiger partial charge in [-0.2, -0.15) is 0 Å². The van der Waals surface area contributed by atoms with Crippen LogP contribution in [0.2, 0.25) is 0 Å². The third kappa shape index (κ3) is 1.52. The quantitative estimate of drug-likeness (QED) is 0.583. The van der Waals surface area contributed by atoms with Gasteiger partial charge in [0.2, 0.25) is 5.88 Å². The number of hydrogen-bond donors (Lipinski definition) is 0. The Morgan fingerprint density at radius 1 is 1.44 bits per heavy atom. The molecule has 0 saturated carbocycles. The van der Waals surface area contributed by atoms with Gasteiger partial charge in [-0.1, -0.05) is 12.1 Å². The number of fused-ring (bicyclic) bond motifs is 1. The van der Waals surface area contributed by atoms with E-state index < -0.39 is 0 Å². The maximum absolute atomic E-state index is 10.9. The summed E-state index contributed by atoms with van der Waals surface area (Å²) in [6.07, 6.45) is 0.696. The SMILES string of the molecule is COc1cc(C=O)c2cccc(N=O)c2n1. The molecule has 0 atom stereocenters. The summed E-state index contributed by atoms with van der Waals surface area (Å²) < 4.78 is 4.95. The van der Waals surface area contributed by atoms with Crippen LogP contribution in [0.1, 0.15) is 10.4 Å². The fraction of sp³-hybridized carbons (Fsp3) is 0.0909. The van der Waals surface area contributed by atoms with Gasteiger partial charge in [0, 0.05) is 17.0 Å². The van der Waals surface area contributed by atoms with Crippen molar-refractivity contribution in [2.24, 2.45) is 5.18 Å². The molecule has 0 amide bonds. The summed E-state index contributed by atoms with van der Waals surface area (Å²) in [5, 5.41) is 3.46. The first-order valence-electron chi connectivity index (χ1n) is 4.56. The van der Waals surface area contributed by atoms with Crippen LogP contribution in [-0.2, 0) is 0 Å². The number of aldehydes is 1. The molecule has 0 spiro atoms. The summed E-state index contributed by atoms with van der Waals surface area (Å²) >= 11 is 0. The highest BCUT2D eigenvalue weighted by atomic mass is 16.5. The van der Waals surface area contributed by atoms with Crippen LogP contribution in [0.3, 0.4) is 0 Å². The average Bonchev–Trinajstić information content (AvgIpc) is 2.36. The molecule has 0 aliphatic rings. The molecule has 1 aromatic heterocycles. The zero-order valence-corrected chi connectivity index (χ0v) is 8.51. The molecule has 0 aliphatic heterocycles. The molecule has 0 N–H and O–H groups in total. The molecular formula is C11H8N2O3. The van der Waals surface area contributed by atoms with E-state index in [1.165, 1.54) is 19.2 Å². The molecule has 0 saturated heterocycles. The van der Waals surface area contributed by atoms with E-state index >= 15 is 0 Å². The van der Waals surface area contributed by atoms with Gasteiger partial charge in [0.1, 0.15) is 11.2 Å². The minimum Gasteiger partial charge on any atom is -0.481 e. The van der Waals surface area contributed by atoms with Crippen molar-refractivity contribution in [2.75, 3.05) is 7.11 Å². The Bertz CT molecular complexity index is 566. The number of para-hydroxylation sites is 1. The number of aromatic nitrogens is 1. The third-order valence-electron chi connectivity index (χ3n) is 2.26. The first-order valence-corrected chi connectivity index (χ1v) is 4.56. The van der Waals surface area contributed by atoms with Crippen LogP contribution in [0.25, 0.3) is 10.9 Å². The molecule has 5 heteroatoms. The van der Waals surface area contributed by atoms with Gasteiger partial charge in [0.05, 0.1) is 7.11 Å². The first kappa shape index (κ1) is 10.2. The number of nitrogens with zero attached hydrogens (tertiary/aromatic N) is 2. The molecule has 1 heterocycles. The third-order valence-corrected chi connectivity index (χ3v) is 2.26. The number of rotatable bonds is 3. The van der Waals surface area contributed by atoms with Crippen molar-refractivity contribution in [3.63, 3.8) is 0 Å². The molecule has 0 radical (unpaired) electrons. The van der Waals surface area contributed by atoms with Crippen molar-refractivity contribution in [1.82, 2.24) is 4.98 Å². The van der Waals surface area contributed by atoms with Gasteiger partial charge < -0.3 is 4.74 Å². The lowest BCUT2D eigenvalue weighted by molar-refractivity contribution is 0.112. The molecule has 5 nitrogen and oxygen atoms in total. The number of carbonyl (C=O) groups excluding carboxylic acids is 1. The second kappa shape index (κ2) is 4.06. The Balaban J connectivity index is 2.88. The van der Waals surface area contributed by atoms with E-state index in [1.54, 1.807) is 12.1 Å². The van der Waals surface area contributed by atoms with Gasteiger partial charge in [-0.25, -0.2) is 4.98 Å². The summed E-state index contributed by atoms with van der Waals surface area (Å²) in [5.41, 5.74) is 0.991. The lowest BCUT2D eigenvalue weighted by Crippen LogP contribution is -1.92. The van der Waals surface area contributed by atoms with E-state index in [0.29, 0.717) is 22.8 Å². The number of nitroso groups, excluding NO2 is 1. The summed E-state index contributed by atoms with van der Waals surface area (Å²) in [4.78, 5) is 25.6. The van der Waals surface area contributed by atoms with Crippen molar-refractivity contribution in [3.05, 3.63) is 34.7 Å². The number of carbonyl (C=O) groups is 1. The standard InChI is InChI=1S/C11H8N2O3/c1-16-10-5-7(6-14)8-3-2-4-9(13-15)11(8)12-10/h2-6H,1H3. The maximum Gasteiger partial charge on any atom is 0.214 e. The van der Waals surface area contributed by atoms with Gasteiger partial charge >= 0.3 is 0 Å². The average molecular weight is 216 g/mol. The Hall–Kier alpha value is -2.30. The highest BCUT2D eigenvalue weighted by molar-refractivity contribution is 6.01. The first-order chi connectivity index (χ1) is 7.80. The lowest BCUT2D eigenvalue weighted by atomic mass is 10.1. The van der Waals surface area contributed by atoms with E-state index in [2.05, 4.69) is 10.2 Å². The smallest absolute Gasteiger partial charge is 0.214 e. The van der Waals surface area contributed by atoms with Crippen LogP contribution in [0.5, 0.6) is 5.88 Å². The van der Waals surface area contributed by atoms with E-state index in [4.69, 9.17) is 4.74 Å². The molecule has 0 fully saturated rings. The predicted octanol–water partition coefficient (Wildman–Crippen LogP) is 2.45. The minimum absolute atomic E-state index is 0.194. The monoisotopic (exact) mass is 216 g/mol. The highest BCUT2D eigenvalue weighted by Gasteiger charge is 2.09. The summed E-state index contributed by atoms with van der Waals surface area (Å²) in [7, 11) is 1.44. The van der Waals surface area contributed by atoms with Gasteiger partial charge in [-0.05, 0) is 11.2 Å². The topological polar surface area (TPSA) is 68.6 Å². The van der Waals surface area contributed by atoms with Crippen LogP contribution < -0.4 is 4.74 Å². The van der Waals surface area contributed by atoms with Gasteiger partial charge in [0.15, 0.2) is 6.29 Å². The summed E-state index contributed by atoms with van der Waals surface area (Å²) in [6, 6.07) is 6.42. The molecule has 0 aliphatic carbocycles. The van der Waals surface area contributed by atoms with Gasteiger partial charge in [-0.3, -0.25) is 4.79 Å². The molecule has 0 unspecified atom stereocenters. The summed E-state index contributed by atoms with van der Waals surface area (Å²) in [6.45, 7) is 0. The number of hydrogen-bond acceptors (Lipinski definition) is 5. The Labute approximate surface area is 91.0 Å². The van der Waals surface area contributed by atoms with Gasteiger partial charge in [-0.15, -0.1) is 4.91 Å². The lowest BCUT2D eigenvalue weighted by Gasteiger charge is -2.05. The molecule has 2 rings (SSSR count). The van der Waals surface area contributed by atoms with Crippen molar-refractivity contribution in [1.29, 1.82) is 0 Å². The molecule has 0 bridgehead atoms. The van der Waals surface area contributed by atoms with E-state index in [-0.39, 0.29) is 11.6 Å². The Morgan fingerprint density at radius 2 is 2.25 bits per heavy atom. The number of benzene rings is 1. The van der Waals surface area contributed by atoms with Crippen LogP contribution in [0.15, 0.2) is 29.4 Å². The van der Waals surface area contributed by atoms with E-state index in [0.717, 1.165) is 0 Å². The fourth-order valence-corrected chi connectivity index (χ4v) is 1.51. The predicted molar refractivity (Wildman–Crippen MR) is 59.1 cm³/mol. The normalized spacial score (nSPS) is 10.1. The fourth-order valence-electron chi connectivity index (χ4n) is 1.51.